The summed E-state index contributed by atoms with van der Waals surface area (Å²) in [4.78, 5) is 22.5. The average molecular weight is 311 g/mol. The first-order chi connectivity index (χ1) is 10.4. The normalized spacial score (nSPS) is 12.0. The number of urea groups is 1. The molecule has 0 aliphatic heterocycles. The minimum atomic E-state index is -0.568. The Labute approximate surface area is 128 Å². The molecule has 0 radical (unpaired) electrons. The van der Waals surface area contributed by atoms with Crippen molar-refractivity contribution in [2.75, 3.05) is 19.5 Å². The van der Waals surface area contributed by atoms with Crippen LogP contribution < -0.4 is 10.6 Å². The van der Waals surface area contributed by atoms with Gasteiger partial charge in [-0.2, -0.15) is 0 Å². The molecule has 1 unspecified atom stereocenters. The number of nitrogens with one attached hydrogen (secondary N) is 2. The van der Waals surface area contributed by atoms with Gasteiger partial charge in [-0.3, -0.25) is 10.1 Å². The molecule has 1 rings (SSSR count). The summed E-state index contributed by atoms with van der Waals surface area (Å²) in [6.45, 7) is 3.47. The highest BCUT2D eigenvalue weighted by molar-refractivity contribution is 5.90. The molecule has 1 aromatic carbocycles. The average Bonchev–Trinajstić information content (AvgIpc) is 2.49. The van der Waals surface area contributed by atoms with Gasteiger partial charge < -0.3 is 20.1 Å². The maximum atomic E-state index is 12.0. The molecule has 8 nitrogen and oxygen atoms in total. The number of carbonyl (C=O) groups is 1. The summed E-state index contributed by atoms with van der Waals surface area (Å²) in [7, 11) is 2.97. The lowest BCUT2D eigenvalue weighted by molar-refractivity contribution is -0.385. The SMILES string of the molecule is CCC(NC(=O)Nc1cccc([N+](=O)[O-])c1C)C(OC)OC. The molecule has 2 amide bonds. The van der Waals surface area contributed by atoms with E-state index in [1.165, 1.54) is 26.4 Å². The molecule has 0 aromatic heterocycles. The van der Waals surface area contributed by atoms with E-state index in [4.69, 9.17) is 9.47 Å². The summed E-state index contributed by atoms with van der Waals surface area (Å²) in [6.07, 6.45) is 0.0372. The predicted molar refractivity (Wildman–Crippen MR) is 81.9 cm³/mol. The second-order valence-electron chi connectivity index (χ2n) is 4.66. The third kappa shape index (κ3) is 4.40. The molecule has 0 bridgehead atoms. The van der Waals surface area contributed by atoms with Crippen LogP contribution in [-0.4, -0.2) is 37.5 Å². The zero-order chi connectivity index (χ0) is 16.7. The van der Waals surface area contributed by atoms with Crippen molar-refractivity contribution in [3.05, 3.63) is 33.9 Å². The number of amides is 2. The molecule has 0 spiro atoms. The summed E-state index contributed by atoms with van der Waals surface area (Å²) in [5, 5.41) is 16.2. The van der Waals surface area contributed by atoms with Crippen molar-refractivity contribution in [3.63, 3.8) is 0 Å². The number of hydrogen-bond donors (Lipinski definition) is 2. The number of anilines is 1. The minimum absolute atomic E-state index is 0.0449. The van der Waals surface area contributed by atoms with Crippen LogP contribution in [0.1, 0.15) is 18.9 Å². The van der Waals surface area contributed by atoms with E-state index in [1.807, 2.05) is 6.92 Å². The van der Waals surface area contributed by atoms with Gasteiger partial charge in [0.25, 0.3) is 5.69 Å². The van der Waals surface area contributed by atoms with Crippen LogP contribution in [0.2, 0.25) is 0 Å². The Hall–Kier alpha value is -2.19. The van der Waals surface area contributed by atoms with Gasteiger partial charge in [-0.1, -0.05) is 13.0 Å². The van der Waals surface area contributed by atoms with Crippen LogP contribution in [0, 0.1) is 17.0 Å². The van der Waals surface area contributed by atoms with Crippen LogP contribution in [0.4, 0.5) is 16.2 Å². The molecule has 22 heavy (non-hydrogen) atoms. The van der Waals surface area contributed by atoms with E-state index in [2.05, 4.69) is 10.6 Å². The highest BCUT2D eigenvalue weighted by atomic mass is 16.7. The van der Waals surface area contributed by atoms with Crippen molar-refractivity contribution in [3.8, 4) is 0 Å². The lowest BCUT2D eigenvalue weighted by Gasteiger charge is -2.24. The summed E-state index contributed by atoms with van der Waals surface area (Å²) < 4.78 is 10.2. The molecule has 122 valence electrons. The van der Waals surface area contributed by atoms with Crippen LogP contribution in [-0.2, 0) is 9.47 Å². The number of nitro groups is 1. The topological polar surface area (TPSA) is 103 Å². The second-order valence-corrected chi connectivity index (χ2v) is 4.66. The standard InChI is InChI=1S/C14H21N3O5/c1-5-10(13(21-3)22-4)15-14(18)16-11-7-6-8-12(9(11)2)17(19)20/h6-8,10,13H,5H2,1-4H3,(H2,15,16,18). The fraction of sp³-hybridized carbons (Fsp3) is 0.500. The van der Waals surface area contributed by atoms with Gasteiger partial charge in [0.15, 0.2) is 6.29 Å². The molecular formula is C14H21N3O5. The Morgan fingerprint density at radius 2 is 2.00 bits per heavy atom. The smallest absolute Gasteiger partial charge is 0.319 e. The number of benzene rings is 1. The number of nitrogens with zero attached hydrogens (tertiary/aromatic N) is 1. The van der Waals surface area contributed by atoms with E-state index in [0.717, 1.165) is 0 Å². The third-order valence-corrected chi connectivity index (χ3v) is 3.30. The first kappa shape index (κ1) is 17.9. The van der Waals surface area contributed by atoms with Gasteiger partial charge in [0.1, 0.15) is 0 Å². The van der Waals surface area contributed by atoms with Crippen LogP contribution in [0.15, 0.2) is 18.2 Å². The lowest BCUT2D eigenvalue weighted by atomic mass is 10.1. The monoisotopic (exact) mass is 311 g/mol. The van der Waals surface area contributed by atoms with Gasteiger partial charge in [-0.15, -0.1) is 0 Å². The molecule has 0 saturated carbocycles. The fourth-order valence-electron chi connectivity index (χ4n) is 2.07. The van der Waals surface area contributed by atoms with E-state index < -0.39 is 17.2 Å². The van der Waals surface area contributed by atoms with Crippen molar-refractivity contribution >= 4 is 17.4 Å². The zero-order valence-electron chi connectivity index (χ0n) is 13.1. The summed E-state index contributed by atoms with van der Waals surface area (Å²) in [5.74, 6) is 0. The van der Waals surface area contributed by atoms with Gasteiger partial charge in [0.05, 0.1) is 22.2 Å². The molecule has 0 saturated heterocycles. The van der Waals surface area contributed by atoms with Crippen LogP contribution in [0.5, 0.6) is 0 Å². The molecule has 0 fully saturated rings. The zero-order valence-corrected chi connectivity index (χ0v) is 13.1. The number of methoxy groups -OCH3 is 2. The summed E-state index contributed by atoms with van der Waals surface area (Å²) >= 11 is 0. The largest absolute Gasteiger partial charge is 0.354 e. The van der Waals surface area contributed by atoms with Crippen molar-refractivity contribution in [2.45, 2.75) is 32.6 Å². The third-order valence-electron chi connectivity index (χ3n) is 3.30. The first-order valence-corrected chi connectivity index (χ1v) is 6.81. The van der Waals surface area contributed by atoms with Gasteiger partial charge in [-0.05, 0) is 19.4 Å². The van der Waals surface area contributed by atoms with Gasteiger partial charge >= 0.3 is 6.03 Å². The quantitative estimate of drug-likeness (QED) is 0.457. The van der Waals surface area contributed by atoms with Crippen molar-refractivity contribution < 1.29 is 19.2 Å². The lowest BCUT2D eigenvalue weighted by Crippen LogP contribution is -2.46. The molecule has 8 heteroatoms. The van der Waals surface area contributed by atoms with Gasteiger partial charge in [0, 0.05) is 20.3 Å². The Morgan fingerprint density at radius 3 is 2.50 bits per heavy atom. The van der Waals surface area contributed by atoms with Crippen LogP contribution >= 0.6 is 0 Å². The Morgan fingerprint density at radius 1 is 1.36 bits per heavy atom. The Bertz CT molecular complexity index is 531. The number of rotatable bonds is 7. The molecule has 1 atom stereocenters. The minimum Gasteiger partial charge on any atom is -0.354 e. The first-order valence-electron chi connectivity index (χ1n) is 6.81. The van der Waals surface area contributed by atoms with E-state index >= 15 is 0 Å². The maximum Gasteiger partial charge on any atom is 0.319 e. The molecule has 1 aromatic rings. The molecule has 0 heterocycles. The number of nitro benzene ring substituents is 1. The van der Waals surface area contributed by atoms with Crippen molar-refractivity contribution in [1.82, 2.24) is 5.32 Å². The van der Waals surface area contributed by atoms with E-state index in [9.17, 15) is 14.9 Å². The Balaban J connectivity index is 2.81. The Kier molecular flexibility index (Phi) is 6.74. The predicted octanol–water partition coefficient (Wildman–Crippen LogP) is 2.42. The van der Waals surface area contributed by atoms with Gasteiger partial charge in [-0.25, -0.2) is 4.79 Å². The molecular weight excluding hydrogens is 290 g/mol. The van der Waals surface area contributed by atoms with E-state index in [0.29, 0.717) is 17.7 Å². The molecule has 0 aliphatic carbocycles. The highest BCUT2D eigenvalue weighted by Gasteiger charge is 2.22. The molecule has 2 N–H and O–H groups in total. The number of ether oxygens (including phenoxy) is 2. The summed E-state index contributed by atoms with van der Waals surface area (Å²) in [6, 6.07) is 3.70. The van der Waals surface area contributed by atoms with E-state index in [-0.39, 0.29) is 11.7 Å². The van der Waals surface area contributed by atoms with Gasteiger partial charge in [0.2, 0.25) is 0 Å². The van der Waals surface area contributed by atoms with E-state index in [1.54, 1.807) is 13.0 Å². The van der Waals surface area contributed by atoms with Crippen molar-refractivity contribution in [1.29, 1.82) is 0 Å². The fourth-order valence-corrected chi connectivity index (χ4v) is 2.07. The highest BCUT2D eigenvalue weighted by Crippen LogP contribution is 2.24. The maximum absolute atomic E-state index is 12.0. The summed E-state index contributed by atoms with van der Waals surface area (Å²) in [5.41, 5.74) is 0.732. The molecule has 0 aliphatic rings. The number of hydrogen-bond acceptors (Lipinski definition) is 5. The second kappa shape index (κ2) is 8.30. The van der Waals surface area contributed by atoms with Crippen molar-refractivity contribution in [2.24, 2.45) is 0 Å². The van der Waals surface area contributed by atoms with Crippen LogP contribution in [0.25, 0.3) is 0 Å². The van der Waals surface area contributed by atoms with Crippen LogP contribution in [0.3, 0.4) is 0 Å². The number of carbonyl (C=O) groups excluding carboxylic acids is 1.